The molecule has 1 saturated heterocycles. The third-order valence-corrected chi connectivity index (χ3v) is 3.16. The molecule has 1 aromatic rings. The van der Waals surface area contributed by atoms with Gasteiger partial charge in [0.05, 0.1) is 11.7 Å². The Bertz CT molecular complexity index is 408. The van der Waals surface area contributed by atoms with Crippen molar-refractivity contribution in [1.82, 2.24) is 5.32 Å². The lowest BCUT2D eigenvalue weighted by Gasteiger charge is -2.10. The van der Waals surface area contributed by atoms with Gasteiger partial charge in [-0.2, -0.15) is 0 Å². The molecule has 6 heteroatoms. The number of benzene rings is 1. The van der Waals surface area contributed by atoms with E-state index in [1.54, 1.807) is 11.8 Å². The molecule has 1 heterocycles. The first-order valence-electron chi connectivity index (χ1n) is 4.74. The van der Waals surface area contributed by atoms with Crippen molar-refractivity contribution in [2.75, 3.05) is 16.9 Å². The molecular weight excluding hydrogens is 234 g/mol. The van der Waals surface area contributed by atoms with Gasteiger partial charge in [-0.05, 0) is 12.1 Å². The fraction of sp³-hybridized carbons (Fsp3) is 0.300. The molecule has 1 aromatic carbocycles. The summed E-state index contributed by atoms with van der Waals surface area (Å²) in [6, 6.07) is 2.75. The van der Waals surface area contributed by atoms with Crippen LogP contribution in [0.2, 0.25) is 0 Å². The number of nitrogens with one attached hydrogen (secondary N) is 2. The van der Waals surface area contributed by atoms with Gasteiger partial charge in [0.1, 0.15) is 11.6 Å². The van der Waals surface area contributed by atoms with Crippen molar-refractivity contribution in [2.24, 2.45) is 0 Å². The van der Waals surface area contributed by atoms with Crippen molar-refractivity contribution in [3.8, 4) is 0 Å². The Balaban J connectivity index is 2.05. The molecule has 0 spiro atoms. The summed E-state index contributed by atoms with van der Waals surface area (Å²) in [6.45, 7) is 0. The predicted molar refractivity (Wildman–Crippen MR) is 59.2 cm³/mol. The van der Waals surface area contributed by atoms with Crippen molar-refractivity contribution in [1.29, 1.82) is 0 Å². The quantitative estimate of drug-likeness (QED) is 0.829. The highest BCUT2D eigenvalue weighted by Crippen LogP contribution is 2.17. The van der Waals surface area contributed by atoms with Crippen molar-refractivity contribution in [2.45, 2.75) is 6.04 Å². The molecular formula is C10H10F2N2OS. The maximum absolute atomic E-state index is 13.2. The van der Waals surface area contributed by atoms with Crippen molar-refractivity contribution in [3.05, 3.63) is 29.8 Å². The van der Waals surface area contributed by atoms with Crippen LogP contribution in [0.3, 0.4) is 0 Å². The third kappa shape index (κ3) is 2.51. The van der Waals surface area contributed by atoms with Gasteiger partial charge in [0.2, 0.25) is 5.91 Å². The van der Waals surface area contributed by atoms with E-state index in [2.05, 4.69) is 10.6 Å². The van der Waals surface area contributed by atoms with Crippen LogP contribution in [0.1, 0.15) is 0 Å². The molecule has 0 bridgehead atoms. The third-order valence-electron chi connectivity index (χ3n) is 2.22. The fourth-order valence-corrected chi connectivity index (χ4v) is 2.32. The molecule has 1 unspecified atom stereocenters. The summed E-state index contributed by atoms with van der Waals surface area (Å²) < 4.78 is 25.8. The summed E-state index contributed by atoms with van der Waals surface area (Å²) in [6.07, 6.45) is 0. The standard InChI is InChI=1S/C10H10F2N2OS/c11-6-1-2-8(7(12)3-6)14-10(15)9-4-16-5-13-9/h1-3,9,13H,4-5H2,(H,14,15). The maximum atomic E-state index is 13.2. The van der Waals surface area contributed by atoms with E-state index in [1.807, 2.05) is 0 Å². The smallest absolute Gasteiger partial charge is 0.242 e. The Kier molecular flexibility index (Phi) is 3.40. The second kappa shape index (κ2) is 4.80. The first-order chi connectivity index (χ1) is 7.66. The van der Waals surface area contributed by atoms with E-state index in [0.29, 0.717) is 11.6 Å². The van der Waals surface area contributed by atoms with Gasteiger partial charge in [-0.3, -0.25) is 10.1 Å². The zero-order valence-corrected chi connectivity index (χ0v) is 9.11. The molecule has 1 atom stereocenters. The highest BCUT2D eigenvalue weighted by molar-refractivity contribution is 7.99. The molecule has 0 saturated carbocycles. The number of hydrogen-bond acceptors (Lipinski definition) is 3. The van der Waals surface area contributed by atoms with Gasteiger partial charge in [-0.1, -0.05) is 0 Å². The Morgan fingerprint density at radius 3 is 2.94 bits per heavy atom. The number of carbonyl (C=O) groups excluding carboxylic acids is 1. The molecule has 1 fully saturated rings. The number of amides is 1. The van der Waals surface area contributed by atoms with E-state index >= 15 is 0 Å². The minimum absolute atomic E-state index is 0.00472. The van der Waals surface area contributed by atoms with Crippen LogP contribution in [0.5, 0.6) is 0 Å². The van der Waals surface area contributed by atoms with Crippen LogP contribution in [-0.4, -0.2) is 23.6 Å². The molecule has 16 heavy (non-hydrogen) atoms. The van der Waals surface area contributed by atoms with Gasteiger partial charge >= 0.3 is 0 Å². The lowest BCUT2D eigenvalue weighted by molar-refractivity contribution is -0.117. The zero-order chi connectivity index (χ0) is 11.5. The molecule has 1 aliphatic heterocycles. The normalized spacial score (nSPS) is 19.8. The monoisotopic (exact) mass is 244 g/mol. The molecule has 2 rings (SSSR count). The summed E-state index contributed by atoms with van der Waals surface area (Å²) in [5.74, 6) is -0.349. The van der Waals surface area contributed by atoms with E-state index in [4.69, 9.17) is 0 Å². The lowest BCUT2D eigenvalue weighted by Crippen LogP contribution is -2.37. The van der Waals surface area contributed by atoms with Gasteiger partial charge in [-0.15, -0.1) is 11.8 Å². The summed E-state index contributed by atoms with van der Waals surface area (Å²) in [4.78, 5) is 11.6. The van der Waals surface area contributed by atoms with Crippen LogP contribution in [0.15, 0.2) is 18.2 Å². The SMILES string of the molecule is O=C(Nc1ccc(F)cc1F)C1CSCN1. The largest absolute Gasteiger partial charge is 0.322 e. The molecule has 0 aliphatic carbocycles. The molecule has 2 N–H and O–H groups in total. The summed E-state index contributed by atoms with van der Waals surface area (Å²) in [7, 11) is 0. The van der Waals surface area contributed by atoms with Gasteiger partial charge in [0.15, 0.2) is 0 Å². The van der Waals surface area contributed by atoms with Crippen LogP contribution in [0, 0.1) is 11.6 Å². The first kappa shape index (κ1) is 11.3. The lowest BCUT2D eigenvalue weighted by atomic mass is 10.2. The Hall–Kier alpha value is -1.14. The Morgan fingerprint density at radius 1 is 1.50 bits per heavy atom. The van der Waals surface area contributed by atoms with E-state index in [-0.39, 0.29) is 17.6 Å². The molecule has 1 amide bonds. The number of halogens is 2. The van der Waals surface area contributed by atoms with Crippen molar-refractivity contribution >= 4 is 23.4 Å². The van der Waals surface area contributed by atoms with Gasteiger partial charge in [-0.25, -0.2) is 8.78 Å². The minimum Gasteiger partial charge on any atom is -0.322 e. The van der Waals surface area contributed by atoms with Crippen LogP contribution < -0.4 is 10.6 Å². The maximum Gasteiger partial charge on any atom is 0.242 e. The van der Waals surface area contributed by atoms with E-state index in [9.17, 15) is 13.6 Å². The van der Waals surface area contributed by atoms with Crippen LogP contribution >= 0.6 is 11.8 Å². The number of carbonyl (C=O) groups is 1. The summed E-state index contributed by atoms with van der Waals surface area (Å²) in [5, 5.41) is 5.38. The van der Waals surface area contributed by atoms with Gasteiger partial charge < -0.3 is 5.32 Å². The van der Waals surface area contributed by atoms with Crippen molar-refractivity contribution < 1.29 is 13.6 Å². The second-order valence-electron chi connectivity index (χ2n) is 3.39. The number of anilines is 1. The fourth-order valence-electron chi connectivity index (χ4n) is 1.37. The Morgan fingerprint density at radius 2 is 2.31 bits per heavy atom. The first-order valence-corrected chi connectivity index (χ1v) is 5.89. The second-order valence-corrected chi connectivity index (χ2v) is 4.42. The summed E-state index contributed by atoms with van der Waals surface area (Å²) >= 11 is 1.60. The van der Waals surface area contributed by atoms with Crippen LogP contribution in [0.25, 0.3) is 0 Å². The topological polar surface area (TPSA) is 41.1 Å². The molecule has 0 aromatic heterocycles. The van der Waals surface area contributed by atoms with Crippen LogP contribution in [0.4, 0.5) is 14.5 Å². The van der Waals surface area contributed by atoms with Gasteiger partial charge in [0.25, 0.3) is 0 Å². The number of rotatable bonds is 2. The van der Waals surface area contributed by atoms with E-state index < -0.39 is 11.6 Å². The average Bonchev–Trinajstić information content (AvgIpc) is 2.75. The zero-order valence-electron chi connectivity index (χ0n) is 8.30. The highest BCUT2D eigenvalue weighted by Gasteiger charge is 2.23. The van der Waals surface area contributed by atoms with Crippen molar-refractivity contribution in [3.63, 3.8) is 0 Å². The molecule has 1 aliphatic rings. The molecule has 0 radical (unpaired) electrons. The summed E-state index contributed by atoms with van der Waals surface area (Å²) in [5.41, 5.74) is 0.00472. The highest BCUT2D eigenvalue weighted by atomic mass is 32.2. The van der Waals surface area contributed by atoms with E-state index in [1.165, 1.54) is 6.07 Å². The van der Waals surface area contributed by atoms with E-state index in [0.717, 1.165) is 12.1 Å². The molecule has 3 nitrogen and oxygen atoms in total. The minimum atomic E-state index is -0.765. The number of hydrogen-bond donors (Lipinski definition) is 2. The number of thioether (sulfide) groups is 1. The predicted octanol–water partition coefficient (Wildman–Crippen LogP) is 1.57. The molecule has 86 valence electrons. The van der Waals surface area contributed by atoms with Crippen LogP contribution in [-0.2, 0) is 4.79 Å². The van der Waals surface area contributed by atoms with Gasteiger partial charge in [0, 0.05) is 17.7 Å². The Labute approximate surface area is 95.6 Å². The average molecular weight is 244 g/mol.